The highest BCUT2D eigenvalue weighted by molar-refractivity contribution is 6.31. The van der Waals surface area contributed by atoms with E-state index < -0.39 is 55.7 Å². The number of carbonyl (C=O) groups excluding carboxylic acids is 6. The van der Waals surface area contributed by atoms with E-state index in [2.05, 4.69) is 75.7 Å². The summed E-state index contributed by atoms with van der Waals surface area (Å²) in [4.78, 5) is 89.7. The van der Waals surface area contributed by atoms with E-state index in [-0.39, 0.29) is 117 Å². The standard InChI is InChI=1S/3C23H19ClF2N6O3/c3*24-13-6-7-19(35-23(25)26)14(10-13)20-16(12-32(30-20)17-4-1-2-5-18(17)33)29-22(34)15-11-28-31-9-3-8-27-21(15)31/h3*3,6-12,17,23H,1-2,4-5H2,(H,29,34)/t17-;;/m0../s1. The Hall–Kier alpha value is -11.6. The van der Waals surface area contributed by atoms with E-state index in [4.69, 9.17) is 34.8 Å². The maximum absolute atomic E-state index is 13.2. The molecule has 0 aliphatic heterocycles. The average molecular weight is 1500 g/mol. The van der Waals surface area contributed by atoms with Crippen LogP contribution < -0.4 is 30.2 Å². The number of fused-ring (bicyclic) bond motifs is 3. The first-order valence-corrected chi connectivity index (χ1v) is 33.7. The zero-order chi connectivity index (χ0) is 73.6. The van der Waals surface area contributed by atoms with Gasteiger partial charge < -0.3 is 30.2 Å². The predicted octanol–water partition coefficient (Wildman–Crippen LogP) is 14.4. The van der Waals surface area contributed by atoms with Crippen LogP contribution in [0.5, 0.6) is 17.2 Å². The van der Waals surface area contributed by atoms with E-state index in [9.17, 15) is 55.1 Å². The third-order valence-electron chi connectivity index (χ3n) is 17.3. The van der Waals surface area contributed by atoms with Gasteiger partial charge in [-0.1, -0.05) is 54.1 Å². The highest BCUT2D eigenvalue weighted by Crippen LogP contribution is 2.43. The lowest BCUT2D eigenvalue weighted by Gasteiger charge is -2.20. The molecule has 12 aromatic rings. The molecule has 0 radical (unpaired) electrons. The van der Waals surface area contributed by atoms with Crippen LogP contribution in [0.2, 0.25) is 15.1 Å². The Balaban J connectivity index is 0.000000140. The van der Waals surface area contributed by atoms with Crippen molar-refractivity contribution in [2.24, 2.45) is 0 Å². The molecule has 540 valence electrons. The number of carbonyl (C=O) groups is 6. The van der Waals surface area contributed by atoms with Crippen LogP contribution in [0.3, 0.4) is 0 Å². The van der Waals surface area contributed by atoms with Crippen LogP contribution in [0, 0.1) is 0 Å². The van der Waals surface area contributed by atoms with Gasteiger partial charge in [0.1, 0.15) is 69.1 Å². The molecule has 15 rings (SSSR count). The van der Waals surface area contributed by atoms with E-state index in [0.29, 0.717) is 55.5 Å². The molecule has 2 unspecified atom stereocenters. The van der Waals surface area contributed by atoms with Crippen LogP contribution in [0.15, 0.2) is 147 Å². The molecule has 3 amide bonds. The first-order chi connectivity index (χ1) is 50.7. The highest BCUT2D eigenvalue weighted by Gasteiger charge is 2.33. The summed E-state index contributed by atoms with van der Waals surface area (Å²) in [5.74, 6) is -2.05. The fourth-order valence-corrected chi connectivity index (χ4v) is 13.0. The Morgan fingerprint density at radius 3 is 0.981 bits per heavy atom. The van der Waals surface area contributed by atoms with Crippen LogP contribution in [0.4, 0.5) is 43.4 Å². The molecule has 3 aromatic carbocycles. The first-order valence-electron chi connectivity index (χ1n) is 32.6. The number of aromatic nitrogens is 15. The Labute approximate surface area is 604 Å². The van der Waals surface area contributed by atoms with Crippen LogP contribution in [0.25, 0.3) is 50.7 Å². The van der Waals surface area contributed by atoms with Crippen molar-refractivity contribution in [1.82, 2.24) is 73.1 Å². The van der Waals surface area contributed by atoms with Crippen LogP contribution in [-0.4, -0.2) is 128 Å². The summed E-state index contributed by atoms with van der Waals surface area (Å²) in [7, 11) is 0. The molecule has 3 N–H and O–H groups in total. The SMILES string of the molecule is O=C(Nc1cn(C2CCCCC2=O)nc1-c1cc(Cl)ccc1OC(F)F)c1cnn2cccnc12.O=C(Nc1cn(C2CCCCC2=O)nc1-c1cc(Cl)ccc1OC(F)F)c1cnn2cccnc12.O=C(Nc1cn([C@H]2CCCCC2=O)nc1-c1cc(Cl)ccc1OC(F)F)c1cnn2cccnc12. The van der Waals surface area contributed by atoms with Gasteiger partial charge in [0.2, 0.25) is 0 Å². The monoisotopic (exact) mass is 1500 g/mol. The second-order valence-electron chi connectivity index (χ2n) is 24.1. The van der Waals surface area contributed by atoms with Crippen molar-refractivity contribution in [3.05, 3.63) is 179 Å². The Kier molecular flexibility index (Phi) is 21.6. The highest BCUT2D eigenvalue weighted by atomic mass is 35.5. The molecule has 36 heteroatoms. The number of hydrogen-bond donors (Lipinski definition) is 3. The van der Waals surface area contributed by atoms with Gasteiger partial charge in [-0.3, -0.25) is 42.8 Å². The lowest BCUT2D eigenvalue weighted by molar-refractivity contribution is -0.124. The number of nitrogens with one attached hydrogen (secondary N) is 3. The first kappa shape index (κ1) is 71.8. The summed E-state index contributed by atoms with van der Waals surface area (Å²) in [6.07, 6.45) is 26.2. The van der Waals surface area contributed by atoms with E-state index in [1.54, 1.807) is 36.8 Å². The Bertz CT molecular complexity index is 4770. The zero-order valence-electron chi connectivity index (χ0n) is 54.6. The van der Waals surface area contributed by atoms with E-state index >= 15 is 0 Å². The van der Waals surface area contributed by atoms with Crippen molar-refractivity contribution in [3.8, 4) is 51.0 Å². The minimum atomic E-state index is -3.08. The van der Waals surface area contributed by atoms with Crippen LogP contribution >= 0.6 is 34.8 Å². The molecule has 3 fully saturated rings. The molecule has 27 nitrogen and oxygen atoms in total. The van der Waals surface area contributed by atoms with Gasteiger partial charge in [-0.25, -0.2) is 28.5 Å². The molecule has 3 aliphatic rings. The summed E-state index contributed by atoms with van der Waals surface area (Å²) in [6.45, 7) is -9.25. The molecule has 3 aliphatic carbocycles. The largest absolute Gasteiger partial charge is 0.434 e. The number of hydrogen-bond acceptors (Lipinski definition) is 18. The summed E-state index contributed by atoms with van der Waals surface area (Å²) < 4.78 is 101. The summed E-state index contributed by atoms with van der Waals surface area (Å²) >= 11 is 18.4. The van der Waals surface area contributed by atoms with Gasteiger partial charge in [0.15, 0.2) is 34.3 Å². The summed E-state index contributed by atoms with van der Waals surface area (Å²) in [5, 5.41) is 35.0. The molecular formula is C69H57Cl3F6N18O9. The molecule has 105 heavy (non-hydrogen) atoms. The minimum Gasteiger partial charge on any atom is -0.434 e. The molecule has 9 heterocycles. The fourth-order valence-electron chi connectivity index (χ4n) is 12.4. The van der Waals surface area contributed by atoms with E-state index in [0.717, 1.165) is 38.5 Å². The number of rotatable bonds is 18. The quantitative estimate of drug-likeness (QED) is 0.0672. The van der Waals surface area contributed by atoms with Crippen molar-refractivity contribution in [3.63, 3.8) is 0 Å². The van der Waals surface area contributed by atoms with Crippen molar-refractivity contribution in [2.75, 3.05) is 16.0 Å². The molecule has 0 spiro atoms. The van der Waals surface area contributed by atoms with Crippen molar-refractivity contribution < 1.29 is 69.3 Å². The Morgan fingerprint density at radius 1 is 0.429 bits per heavy atom. The third kappa shape index (κ3) is 16.1. The van der Waals surface area contributed by atoms with Crippen molar-refractivity contribution in [2.45, 2.75) is 115 Å². The smallest absolute Gasteiger partial charge is 0.387 e. The number of amides is 3. The lowest BCUT2D eigenvalue weighted by atomic mass is 9.94. The predicted molar refractivity (Wildman–Crippen MR) is 368 cm³/mol. The van der Waals surface area contributed by atoms with Crippen molar-refractivity contribution in [1.29, 1.82) is 0 Å². The topological polar surface area (TPSA) is 310 Å². The number of benzene rings is 3. The molecular weight excluding hydrogens is 1450 g/mol. The van der Waals surface area contributed by atoms with Crippen LogP contribution in [0.1, 0.15) is 126 Å². The van der Waals surface area contributed by atoms with Gasteiger partial charge in [-0.15, -0.1) is 0 Å². The number of Topliss-reactive ketones (excluding diaryl/α,β-unsaturated/α-hetero) is 3. The summed E-state index contributed by atoms with van der Waals surface area (Å²) in [5.41, 5.74) is 3.07. The minimum absolute atomic E-state index is 0.0187. The number of nitrogens with zero attached hydrogens (tertiary/aromatic N) is 15. The average Bonchev–Trinajstić information content (AvgIpc) is 1.68. The zero-order valence-corrected chi connectivity index (χ0v) is 56.9. The molecule has 9 aromatic heterocycles. The lowest BCUT2D eigenvalue weighted by Crippen LogP contribution is -2.23. The number of anilines is 3. The second-order valence-corrected chi connectivity index (χ2v) is 25.4. The number of ketones is 3. The molecule has 3 atom stereocenters. The van der Waals surface area contributed by atoms with Gasteiger partial charge in [-0.05, 0) is 111 Å². The third-order valence-corrected chi connectivity index (χ3v) is 18.0. The maximum Gasteiger partial charge on any atom is 0.387 e. The van der Waals surface area contributed by atoms with Gasteiger partial charge in [0, 0.05) is 88.2 Å². The second kappa shape index (κ2) is 31.6. The van der Waals surface area contributed by atoms with Gasteiger partial charge in [-0.2, -0.15) is 56.9 Å². The number of ether oxygens (including phenoxy) is 3. The van der Waals surface area contributed by atoms with Gasteiger partial charge in [0.05, 0.1) is 54.2 Å². The molecule has 0 saturated heterocycles. The number of alkyl halides is 6. The van der Waals surface area contributed by atoms with Gasteiger partial charge in [0.25, 0.3) is 17.7 Å². The molecule has 0 bridgehead atoms. The van der Waals surface area contributed by atoms with Gasteiger partial charge >= 0.3 is 19.8 Å². The fraction of sp³-hybridized carbons (Fsp3) is 0.261. The Morgan fingerprint density at radius 2 is 0.714 bits per heavy atom. The van der Waals surface area contributed by atoms with E-state index in [1.807, 2.05) is 0 Å². The maximum atomic E-state index is 13.2. The van der Waals surface area contributed by atoms with Crippen molar-refractivity contribution >= 4 is 104 Å². The molecule has 3 saturated carbocycles. The summed E-state index contributed by atoms with van der Waals surface area (Å²) in [6, 6.07) is 15.8. The van der Waals surface area contributed by atoms with E-state index in [1.165, 1.54) is 138 Å². The normalized spacial score (nSPS) is 16.1. The van der Waals surface area contributed by atoms with Crippen LogP contribution in [-0.2, 0) is 14.4 Å². The number of halogens is 9.